The van der Waals surface area contributed by atoms with Crippen molar-refractivity contribution in [2.24, 2.45) is 0 Å². The topological polar surface area (TPSA) is 82.2 Å². The van der Waals surface area contributed by atoms with Crippen LogP contribution in [-0.2, 0) is 19.5 Å². The first-order chi connectivity index (χ1) is 17.1. The summed E-state index contributed by atoms with van der Waals surface area (Å²) < 4.78 is 1.83. The van der Waals surface area contributed by atoms with Gasteiger partial charge in [0.25, 0.3) is 11.5 Å². The average molecular weight is 470 g/mol. The fourth-order valence-electron chi connectivity index (χ4n) is 5.19. The number of amides is 1. The van der Waals surface area contributed by atoms with E-state index in [1.54, 1.807) is 18.2 Å². The summed E-state index contributed by atoms with van der Waals surface area (Å²) in [6, 6.07) is 15.2. The second kappa shape index (κ2) is 10.4. The van der Waals surface area contributed by atoms with Crippen molar-refractivity contribution >= 4 is 16.8 Å². The summed E-state index contributed by atoms with van der Waals surface area (Å²) in [6.45, 7) is 4.63. The molecule has 0 spiro atoms. The Bertz CT molecular complexity index is 1320. The zero-order chi connectivity index (χ0) is 24.2. The van der Waals surface area contributed by atoms with E-state index in [1.807, 2.05) is 33.7 Å². The lowest BCUT2D eigenvalue weighted by molar-refractivity contribution is 0.0761. The van der Waals surface area contributed by atoms with Gasteiger partial charge in [0.15, 0.2) is 0 Å². The van der Waals surface area contributed by atoms with Crippen LogP contribution in [-0.4, -0.2) is 51.4 Å². The largest absolute Gasteiger partial charge is 0.337 e. The van der Waals surface area contributed by atoms with Crippen LogP contribution in [0.3, 0.4) is 0 Å². The molecule has 7 heteroatoms. The van der Waals surface area contributed by atoms with E-state index in [4.69, 9.17) is 10.2 Å². The highest BCUT2D eigenvalue weighted by molar-refractivity contribution is 5.97. The molecule has 3 heterocycles. The quantitative estimate of drug-likeness (QED) is 0.584. The third kappa shape index (κ3) is 5.13. The van der Waals surface area contributed by atoms with Gasteiger partial charge in [-0.15, -0.1) is 0 Å². The summed E-state index contributed by atoms with van der Waals surface area (Å²) in [6.07, 6.45) is 6.09. The maximum absolute atomic E-state index is 13.4. The number of aryl methyl sites for hydroxylation is 1. The Kier molecular flexibility index (Phi) is 6.91. The highest BCUT2D eigenvalue weighted by Gasteiger charge is 2.22. The molecule has 0 radical (unpaired) electrons. The van der Waals surface area contributed by atoms with E-state index in [0.29, 0.717) is 35.1 Å². The van der Waals surface area contributed by atoms with E-state index >= 15 is 0 Å². The Hall–Kier alpha value is -3.50. The maximum atomic E-state index is 13.4. The molecule has 1 amide bonds. The van der Waals surface area contributed by atoms with Crippen LogP contribution in [0.1, 0.15) is 59.4 Å². The minimum absolute atomic E-state index is 0.000711. The molecular formula is C28H31N5O2. The standard InChI is InChI=1S/C28H31N5O2/c29-19-21-7-9-22(10-8-21)20-31-13-5-14-32(17-16-31)27(34)23-11-12-24-25(18-23)30-26-6-3-1-2-4-15-33(26)28(24)35/h7-12,18H,1-6,13-17,20H2. The Morgan fingerprint density at radius 1 is 0.914 bits per heavy atom. The molecule has 0 atom stereocenters. The Morgan fingerprint density at radius 2 is 1.74 bits per heavy atom. The van der Waals surface area contributed by atoms with Crippen molar-refractivity contribution < 1.29 is 4.79 Å². The molecule has 0 saturated carbocycles. The second-order valence-corrected chi connectivity index (χ2v) is 9.61. The summed E-state index contributed by atoms with van der Waals surface area (Å²) in [5, 5.41) is 9.58. The first-order valence-electron chi connectivity index (χ1n) is 12.7. The smallest absolute Gasteiger partial charge is 0.261 e. The number of hydrogen-bond donors (Lipinski definition) is 0. The fraction of sp³-hybridized carbons (Fsp3) is 0.429. The number of nitriles is 1. The number of carbonyl (C=O) groups excluding carboxylic acids is 1. The van der Waals surface area contributed by atoms with Gasteiger partial charge in [-0.05, 0) is 55.2 Å². The van der Waals surface area contributed by atoms with Crippen molar-refractivity contribution in [2.75, 3.05) is 26.2 Å². The predicted molar refractivity (Wildman–Crippen MR) is 135 cm³/mol. The van der Waals surface area contributed by atoms with Gasteiger partial charge in [0, 0.05) is 51.3 Å². The van der Waals surface area contributed by atoms with Crippen molar-refractivity contribution in [3.8, 4) is 6.07 Å². The average Bonchev–Trinajstić information content (AvgIpc) is 3.10. The van der Waals surface area contributed by atoms with Crippen LogP contribution in [0, 0.1) is 11.3 Å². The Balaban J connectivity index is 1.30. The Labute approximate surface area is 205 Å². The van der Waals surface area contributed by atoms with Gasteiger partial charge in [0.2, 0.25) is 0 Å². The van der Waals surface area contributed by atoms with E-state index in [2.05, 4.69) is 11.0 Å². The minimum Gasteiger partial charge on any atom is -0.337 e. The van der Waals surface area contributed by atoms with Crippen LogP contribution >= 0.6 is 0 Å². The van der Waals surface area contributed by atoms with E-state index in [0.717, 1.165) is 64.1 Å². The minimum atomic E-state index is 0.000711. The van der Waals surface area contributed by atoms with E-state index in [1.165, 1.54) is 12.0 Å². The molecule has 0 bridgehead atoms. The van der Waals surface area contributed by atoms with Crippen LogP contribution in [0.25, 0.3) is 10.9 Å². The lowest BCUT2D eigenvalue weighted by atomic mass is 10.1. The molecule has 0 N–H and O–H groups in total. The molecule has 0 unspecified atom stereocenters. The molecule has 3 aromatic rings. The first-order valence-corrected chi connectivity index (χ1v) is 12.7. The zero-order valence-electron chi connectivity index (χ0n) is 20.1. The molecule has 7 nitrogen and oxygen atoms in total. The van der Waals surface area contributed by atoms with Gasteiger partial charge in [-0.2, -0.15) is 5.26 Å². The predicted octanol–water partition coefficient (Wildman–Crippen LogP) is 3.73. The monoisotopic (exact) mass is 469 g/mol. The number of aromatic nitrogens is 2. The molecule has 0 aliphatic carbocycles. The normalized spacial score (nSPS) is 17.2. The summed E-state index contributed by atoms with van der Waals surface area (Å²) in [5.74, 6) is 0.848. The molecule has 5 rings (SSSR count). The zero-order valence-corrected chi connectivity index (χ0v) is 20.1. The molecular weight excluding hydrogens is 438 g/mol. The lowest BCUT2D eigenvalue weighted by Crippen LogP contribution is -2.35. The number of nitrogens with zero attached hydrogens (tertiary/aromatic N) is 5. The molecule has 2 aliphatic heterocycles. The van der Waals surface area contributed by atoms with Gasteiger partial charge >= 0.3 is 0 Å². The third-order valence-corrected chi connectivity index (χ3v) is 7.18. The first kappa shape index (κ1) is 23.3. The van der Waals surface area contributed by atoms with Crippen LogP contribution < -0.4 is 5.56 Å². The maximum Gasteiger partial charge on any atom is 0.261 e. The molecule has 180 valence electrons. The highest BCUT2D eigenvalue weighted by Crippen LogP contribution is 2.18. The number of hydrogen-bond acceptors (Lipinski definition) is 5. The van der Waals surface area contributed by atoms with E-state index in [-0.39, 0.29) is 11.5 Å². The van der Waals surface area contributed by atoms with Gasteiger partial charge in [-0.1, -0.05) is 25.0 Å². The molecule has 1 fully saturated rings. The van der Waals surface area contributed by atoms with Gasteiger partial charge < -0.3 is 4.90 Å². The number of benzene rings is 2. The Morgan fingerprint density at radius 3 is 2.57 bits per heavy atom. The molecule has 1 saturated heterocycles. The summed E-state index contributed by atoms with van der Waals surface area (Å²) in [5.41, 5.74) is 3.08. The third-order valence-electron chi connectivity index (χ3n) is 7.18. The van der Waals surface area contributed by atoms with E-state index < -0.39 is 0 Å². The summed E-state index contributed by atoms with van der Waals surface area (Å²) in [7, 11) is 0. The second-order valence-electron chi connectivity index (χ2n) is 9.61. The van der Waals surface area contributed by atoms with Crippen molar-refractivity contribution in [1.29, 1.82) is 5.26 Å². The van der Waals surface area contributed by atoms with Crippen molar-refractivity contribution in [1.82, 2.24) is 19.4 Å². The SMILES string of the molecule is N#Cc1ccc(CN2CCCN(C(=O)c3ccc4c(=O)n5c(nc4c3)CCCCCC5)CC2)cc1. The molecule has 1 aromatic heterocycles. The molecule has 2 aromatic carbocycles. The lowest BCUT2D eigenvalue weighted by Gasteiger charge is -2.22. The molecule has 2 aliphatic rings. The van der Waals surface area contributed by atoms with Crippen LogP contribution in [0.2, 0.25) is 0 Å². The van der Waals surface area contributed by atoms with Crippen molar-refractivity contribution in [3.63, 3.8) is 0 Å². The number of carbonyl (C=O) groups is 1. The number of rotatable bonds is 3. The van der Waals surface area contributed by atoms with Crippen LogP contribution in [0.15, 0.2) is 47.3 Å². The van der Waals surface area contributed by atoms with Crippen LogP contribution in [0.4, 0.5) is 0 Å². The summed E-state index contributed by atoms with van der Waals surface area (Å²) in [4.78, 5) is 35.6. The highest BCUT2D eigenvalue weighted by atomic mass is 16.2. The van der Waals surface area contributed by atoms with Crippen molar-refractivity contribution in [2.45, 2.75) is 51.6 Å². The summed E-state index contributed by atoms with van der Waals surface area (Å²) >= 11 is 0. The van der Waals surface area contributed by atoms with E-state index in [9.17, 15) is 9.59 Å². The van der Waals surface area contributed by atoms with Crippen molar-refractivity contribution in [3.05, 3.63) is 75.3 Å². The van der Waals surface area contributed by atoms with Gasteiger partial charge in [0.05, 0.1) is 22.5 Å². The van der Waals surface area contributed by atoms with Gasteiger partial charge in [-0.3, -0.25) is 19.1 Å². The number of fused-ring (bicyclic) bond motifs is 2. The molecule has 35 heavy (non-hydrogen) atoms. The van der Waals surface area contributed by atoms with Crippen LogP contribution in [0.5, 0.6) is 0 Å². The van der Waals surface area contributed by atoms with Gasteiger partial charge in [0.1, 0.15) is 5.82 Å². The van der Waals surface area contributed by atoms with Gasteiger partial charge in [-0.25, -0.2) is 4.98 Å². The fourth-order valence-corrected chi connectivity index (χ4v) is 5.19.